The third-order valence-corrected chi connectivity index (χ3v) is 1.88. The Morgan fingerprint density at radius 3 is 2.13 bits per heavy atom. The van der Waals surface area contributed by atoms with Gasteiger partial charge in [0.1, 0.15) is 17.5 Å². The molecule has 0 aliphatic carbocycles. The van der Waals surface area contributed by atoms with Gasteiger partial charge in [0, 0.05) is 17.7 Å². The van der Waals surface area contributed by atoms with Gasteiger partial charge >= 0.3 is 0 Å². The average Bonchev–Trinajstić information content (AvgIpc) is 2.17. The molecule has 0 fully saturated rings. The molecule has 1 aromatic carbocycles. The topological polar surface area (TPSA) is 25.8 Å². The van der Waals surface area contributed by atoms with Crippen molar-refractivity contribution in [2.45, 2.75) is 0 Å². The highest BCUT2D eigenvalue weighted by atomic mass is 19.1. The van der Waals surface area contributed by atoms with Crippen LogP contribution in [0.15, 0.2) is 30.6 Å². The van der Waals surface area contributed by atoms with Crippen LogP contribution in [-0.4, -0.2) is 10.2 Å². The van der Waals surface area contributed by atoms with Crippen LogP contribution in [0.5, 0.6) is 0 Å². The summed E-state index contributed by atoms with van der Waals surface area (Å²) in [4.78, 5) is 0. The van der Waals surface area contributed by atoms with Crippen LogP contribution in [-0.2, 0) is 0 Å². The SMILES string of the molecule is Fc1cc(F)c(-c2ccnnc2)c(F)c1. The van der Waals surface area contributed by atoms with E-state index in [2.05, 4.69) is 10.2 Å². The predicted octanol–water partition coefficient (Wildman–Crippen LogP) is 2.56. The Hall–Kier alpha value is -1.91. The van der Waals surface area contributed by atoms with Crippen LogP contribution >= 0.6 is 0 Å². The van der Waals surface area contributed by atoms with Crippen molar-refractivity contribution in [3.05, 3.63) is 48.0 Å². The third-order valence-electron chi connectivity index (χ3n) is 1.88. The number of rotatable bonds is 1. The van der Waals surface area contributed by atoms with Gasteiger partial charge in [0.05, 0.1) is 18.0 Å². The molecule has 0 N–H and O–H groups in total. The van der Waals surface area contributed by atoms with E-state index in [4.69, 9.17) is 0 Å². The van der Waals surface area contributed by atoms with Crippen molar-refractivity contribution in [1.29, 1.82) is 0 Å². The fourth-order valence-corrected chi connectivity index (χ4v) is 1.26. The van der Waals surface area contributed by atoms with Crippen LogP contribution in [0.2, 0.25) is 0 Å². The summed E-state index contributed by atoms with van der Waals surface area (Å²) in [7, 11) is 0. The first-order valence-corrected chi connectivity index (χ1v) is 4.10. The third kappa shape index (κ3) is 1.81. The zero-order valence-electron chi connectivity index (χ0n) is 7.42. The molecule has 2 nitrogen and oxygen atoms in total. The van der Waals surface area contributed by atoms with E-state index in [9.17, 15) is 13.2 Å². The molecular formula is C10H5F3N2. The van der Waals surface area contributed by atoms with Gasteiger partial charge in [0.25, 0.3) is 0 Å². The number of hydrogen-bond acceptors (Lipinski definition) is 2. The summed E-state index contributed by atoms with van der Waals surface area (Å²) in [5.41, 5.74) is -0.0775. The molecule has 0 radical (unpaired) electrons. The minimum absolute atomic E-state index is 0.222. The van der Waals surface area contributed by atoms with Gasteiger partial charge in [-0.25, -0.2) is 13.2 Å². The molecule has 1 aromatic heterocycles. The van der Waals surface area contributed by atoms with Crippen LogP contribution < -0.4 is 0 Å². The van der Waals surface area contributed by atoms with E-state index in [-0.39, 0.29) is 11.1 Å². The van der Waals surface area contributed by atoms with Gasteiger partial charge in [-0.3, -0.25) is 0 Å². The number of benzene rings is 1. The number of aromatic nitrogens is 2. The Labute approximate surface area is 83.4 Å². The van der Waals surface area contributed by atoms with Crippen LogP contribution in [0.25, 0.3) is 11.1 Å². The molecule has 0 saturated heterocycles. The highest BCUT2D eigenvalue weighted by Crippen LogP contribution is 2.25. The molecule has 5 heteroatoms. The maximum Gasteiger partial charge on any atom is 0.136 e. The zero-order valence-corrected chi connectivity index (χ0v) is 7.42. The van der Waals surface area contributed by atoms with Crippen molar-refractivity contribution in [3.8, 4) is 11.1 Å². The lowest BCUT2D eigenvalue weighted by molar-refractivity contribution is 0.548. The molecule has 0 spiro atoms. The standard InChI is InChI=1S/C10H5F3N2/c11-7-3-8(12)10(9(13)4-7)6-1-2-14-15-5-6/h1-5H. The van der Waals surface area contributed by atoms with Gasteiger partial charge in [0.15, 0.2) is 0 Å². The summed E-state index contributed by atoms with van der Waals surface area (Å²) in [5.74, 6) is -2.86. The highest BCUT2D eigenvalue weighted by Gasteiger charge is 2.13. The van der Waals surface area contributed by atoms with Gasteiger partial charge in [-0.05, 0) is 6.07 Å². The largest absolute Gasteiger partial charge is 0.207 e. The maximum atomic E-state index is 13.3. The summed E-state index contributed by atoms with van der Waals surface area (Å²) in [6.45, 7) is 0. The second kappa shape index (κ2) is 3.68. The summed E-state index contributed by atoms with van der Waals surface area (Å²) < 4.78 is 39.2. The molecule has 1 heterocycles. The second-order valence-electron chi connectivity index (χ2n) is 2.88. The van der Waals surface area contributed by atoms with E-state index in [0.29, 0.717) is 12.1 Å². The summed E-state index contributed by atoms with van der Waals surface area (Å²) in [6, 6.07) is 2.64. The Morgan fingerprint density at radius 1 is 0.933 bits per heavy atom. The molecule has 0 saturated carbocycles. The van der Waals surface area contributed by atoms with Crippen molar-refractivity contribution >= 4 is 0 Å². The predicted molar refractivity (Wildman–Crippen MR) is 47.3 cm³/mol. The lowest BCUT2D eigenvalue weighted by Gasteiger charge is -2.03. The Balaban J connectivity index is 2.64. The van der Waals surface area contributed by atoms with E-state index >= 15 is 0 Å². The number of hydrogen-bond donors (Lipinski definition) is 0. The fourth-order valence-electron chi connectivity index (χ4n) is 1.26. The average molecular weight is 210 g/mol. The lowest BCUT2D eigenvalue weighted by atomic mass is 10.1. The van der Waals surface area contributed by atoms with Crippen LogP contribution in [0, 0.1) is 17.5 Å². The number of halogens is 3. The van der Waals surface area contributed by atoms with Crippen molar-refractivity contribution in [1.82, 2.24) is 10.2 Å². The van der Waals surface area contributed by atoms with E-state index in [1.54, 1.807) is 0 Å². The van der Waals surface area contributed by atoms with Crippen molar-refractivity contribution in [2.75, 3.05) is 0 Å². The molecular weight excluding hydrogens is 205 g/mol. The molecule has 0 atom stereocenters. The molecule has 2 aromatic rings. The first-order chi connectivity index (χ1) is 7.18. The normalized spacial score (nSPS) is 10.3. The molecule has 0 unspecified atom stereocenters. The van der Waals surface area contributed by atoms with Crippen LogP contribution in [0.4, 0.5) is 13.2 Å². The highest BCUT2D eigenvalue weighted by molar-refractivity contribution is 5.63. The summed E-state index contributed by atoms with van der Waals surface area (Å²) in [6.07, 6.45) is 2.51. The van der Waals surface area contributed by atoms with Crippen molar-refractivity contribution in [3.63, 3.8) is 0 Å². The molecule has 15 heavy (non-hydrogen) atoms. The zero-order chi connectivity index (χ0) is 10.8. The molecule has 0 aliphatic rings. The Morgan fingerprint density at radius 2 is 1.60 bits per heavy atom. The van der Waals surface area contributed by atoms with Crippen molar-refractivity contribution in [2.24, 2.45) is 0 Å². The minimum Gasteiger partial charge on any atom is -0.207 e. The van der Waals surface area contributed by atoms with Gasteiger partial charge in [0.2, 0.25) is 0 Å². The van der Waals surface area contributed by atoms with Gasteiger partial charge < -0.3 is 0 Å². The molecule has 76 valence electrons. The lowest BCUT2D eigenvalue weighted by Crippen LogP contribution is -1.93. The van der Waals surface area contributed by atoms with E-state index in [1.807, 2.05) is 0 Å². The molecule has 0 bridgehead atoms. The van der Waals surface area contributed by atoms with E-state index in [0.717, 1.165) is 0 Å². The van der Waals surface area contributed by atoms with Crippen LogP contribution in [0.1, 0.15) is 0 Å². The first-order valence-electron chi connectivity index (χ1n) is 4.10. The quantitative estimate of drug-likeness (QED) is 0.722. The smallest absolute Gasteiger partial charge is 0.136 e. The fraction of sp³-hybridized carbons (Fsp3) is 0. The Kier molecular flexibility index (Phi) is 2.37. The van der Waals surface area contributed by atoms with E-state index in [1.165, 1.54) is 18.5 Å². The van der Waals surface area contributed by atoms with Gasteiger partial charge in [-0.1, -0.05) is 0 Å². The Bertz CT molecular complexity index is 462. The first kappa shape index (κ1) is 9.64. The number of nitrogens with zero attached hydrogens (tertiary/aromatic N) is 2. The summed E-state index contributed by atoms with van der Waals surface area (Å²) in [5, 5.41) is 6.97. The maximum absolute atomic E-state index is 13.3. The minimum atomic E-state index is -0.958. The van der Waals surface area contributed by atoms with Gasteiger partial charge in [-0.2, -0.15) is 10.2 Å². The second-order valence-corrected chi connectivity index (χ2v) is 2.88. The molecule has 2 rings (SSSR count). The van der Waals surface area contributed by atoms with Crippen LogP contribution in [0.3, 0.4) is 0 Å². The van der Waals surface area contributed by atoms with E-state index < -0.39 is 17.5 Å². The van der Waals surface area contributed by atoms with Gasteiger partial charge in [-0.15, -0.1) is 0 Å². The molecule has 0 aliphatic heterocycles. The summed E-state index contributed by atoms with van der Waals surface area (Å²) >= 11 is 0. The van der Waals surface area contributed by atoms with Crippen molar-refractivity contribution < 1.29 is 13.2 Å². The molecule has 0 amide bonds. The monoisotopic (exact) mass is 210 g/mol.